The molecular weight excluding hydrogens is 784 g/mol. The van der Waals surface area contributed by atoms with Crippen LogP contribution in [-0.2, 0) is 30.5 Å². The maximum atomic E-state index is 9.19. The van der Waals surface area contributed by atoms with Crippen LogP contribution >= 0.6 is 7.92 Å². The van der Waals surface area contributed by atoms with Gasteiger partial charge < -0.3 is 5.73 Å². The minimum absolute atomic E-state index is 0. The van der Waals surface area contributed by atoms with Crippen LogP contribution in [0.15, 0.2) is 60.7 Å². The topological polar surface area (TPSA) is 78.2 Å². The minimum atomic E-state index is -3.67. The maximum Gasteiger partial charge on any atom is 2.00 e. The number of rotatable bonds is 6. The predicted molar refractivity (Wildman–Crippen MR) is 233 cm³/mol. The molecule has 0 aliphatic rings. The molecule has 4 rings (SSSR count). The van der Waals surface area contributed by atoms with E-state index in [1.165, 1.54) is 38.9 Å². The molecule has 0 saturated carbocycles. The summed E-state index contributed by atoms with van der Waals surface area (Å²) in [5.74, 6) is 1.51. The summed E-state index contributed by atoms with van der Waals surface area (Å²) < 4.78 is 25.9. The van der Waals surface area contributed by atoms with E-state index in [1.54, 1.807) is 22.5 Å². The van der Waals surface area contributed by atoms with E-state index >= 15 is 0 Å². The van der Waals surface area contributed by atoms with Gasteiger partial charge in [0.1, 0.15) is 5.30 Å². The fourth-order valence-corrected chi connectivity index (χ4v) is 12.2. The Morgan fingerprint density at radius 1 is 0.679 bits per heavy atom. The third-order valence-corrected chi connectivity index (χ3v) is 13.9. The van der Waals surface area contributed by atoms with E-state index in [0.717, 1.165) is 11.1 Å². The fraction of sp³-hybridized carbons (Fsp3) is 0.478. The largest absolute Gasteiger partial charge is 2.00 e. The van der Waals surface area contributed by atoms with Crippen LogP contribution in [0.2, 0.25) is 0 Å². The number of benzene rings is 4. The van der Waals surface area contributed by atoms with Gasteiger partial charge in [-0.2, -0.15) is 14.1 Å². The zero-order valence-electron chi connectivity index (χ0n) is 35.5. The Balaban J connectivity index is 0.000000603. The van der Waals surface area contributed by atoms with Crippen molar-refractivity contribution in [3.8, 4) is 22.3 Å². The van der Waals surface area contributed by atoms with Crippen LogP contribution in [0, 0.1) is 33.8 Å². The van der Waals surface area contributed by atoms with Crippen molar-refractivity contribution in [2.24, 2.45) is 0 Å². The first-order chi connectivity index (χ1) is 23.7. The first kappa shape index (κ1) is 48.7. The molecule has 0 radical (unpaired) electrons. The second-order valence-corrected chi connectivity index (χ2v) is 22.9. The van der Waals surface area contributed by atoms with Gasteiger partial charge in [-0.05, 0) is 131 Å². The van der Waals surface area contributed by atoms with E-state index in [4.69, 9.17) is 10.3 Å². The van der Waals surface area contributed by atoms with E-state index in [9.17, 15) is 8.42 Å². The van der Waals surface area contributed by atoms with E-state index in [1.807, 2.05) is 42.5 Å². The molecule has 2 N–H and O–H groups in total. The van der Waals surface area contributed by atoms with Crippen molar-refractivity contribution < 1.29 is 33.4 Å². The van der Waals surface area contributed by atoms with Crippen molar-refractivity contribution >= 4 is 29.0 Å². The fourth-order valence-electron chi connectivity index (χ4n) is 7.34. The molecule has 0 bridgehead atoms. The molecule has 53 heavy (non-hydrogen) atoms. The van der Waals surface area contributed by atoms with Gasteiger partial charge in [0.25, 0.3) is 10.1 Å². The predicted octanol–water partition coefficient (Wildman–Crippen LogP) is 13.7. The molecule has 4 nitrogen and oxygen atoms in total. The van der Waals surface area contributed by atoms with Crippen LogP contribution in [0.1, 0.15) is 140 Å². The SMILES string of the molecule is CS(=O)(=O)O.Cc1c(C)c(C)c([PH+](C(C)(C)C)C(C)(C)C)c(-c2c(C(C)C)cc(C(C)C)cc2C(C)C)c1C.[NH-]c1ccccc1-c1[c-]cccc1.[Pd+2]. The van der Waals surface area contributed by atoms with Gasteiger partial charge in [0.2, 0.25) is 0 Å². The summed E-state index contributed by atoms with van der Waals surface area (Å²) in [6.45, 7) is 38.6. The Hall–Kier alpha value is -2.32. The first-order valence-electron chi connectivity index (χ1n) is 18.6. The zero-order chi connectivity index (χ0) is 40.1. The summed E-state index contributed by atoms with van der Waals surface area (Å²) in [5, 5.41) is 2.20. The van der Waals surface area contributed by atoms with Crippen LogP contribution in [0.4, 0.5) is 5.69 Å². The Bertz CT molecular complexity index is 1870. The second-order valence-electron chi connectivity index (χ2n) is 17.2. The normalized spacial score (nSPS) is 12.0. The molecule has 0 aromatic heterocycles. The number of nitrogens with one attached hydrogen (secondary N) is 1. The Morgan fingerprint density at radius 2 is 1.11 bits per heavy atom. The standard InChI is InChI=1S/C33H53P.C12H9N.CH4O3S.Pd/c1-19(2)26-17-27(20(3)4)30(28(18-26)21(5)6)29-24(9)22(7)23(8)25(10)31(29)34(32(11,12)13)33(14,15)16;13-12-9-5-4-8-11(12)10-6-2-1-3-7-10;1-5(2,3)4;/h17-21H,1-16H3;1-6,8-9,13H;1H3,(H,2,3,4);/q;-2;;+2/p+1. The van der Waals surface area contributed by atoms with Gasteiger partial charge in [-0.1, -0.05) is 77.9 Å². The van der Waals surface area contributed by atoms with Gasteiger partial charge in [-0.3, -0.25) is 4.55 Å². The molecule has 0 unspecified atom stereocenters. The monoisotopic (exact) mass is 850 g/mol. The molecule has 7 heteroatoms. The van der Waals surface area contributed by atoms with Crippen molar-refractivity contribution in [1.29, 1.82) is 0 Å². The van der Waals surface area contributed by atoms with Gasteiger partial charge in [-0.25, -0.2) is 0 Å². The second kappa shape index (κ2) is 19.5. The quantitative estimate of drug-likeness (QED) is 0.0908. The van der Waals surface area contributed by atoms with Crippen molar-refractivity contribution in [3.05, 3.63) is 111 Å². The van der Waals surface area contributed by atoms with Crippen molar-refractivity contribution in [2.75, 3.05) is 6.26 Å². The third-order valence-electron chi connectivity index (χ3n) is 9.75. The van der Waals surface area contributed by atoms with Gasteiger partial charge in [0.05, 0.1) is 16.6 Å². The van der Waals surface area contributed by atoms with Crippen LogP contribution in [0.25, 0.3) is 28.0 Å². The molecule has 0 fully saturated rings. The summed E-state index contributed by atoms with van der Waals surface area (Å²) in [5.41, 5.74) is 23.8. The van der Waals surface area contributed by atoms with Gasteiger partial charge in [0, 0.05) is 13.5 Å². The van der Waals surface area contributed by atoms with Crippen molar-refractivity contribution in [1.82, 2.24) is 0 Å². The van der Waals surface area contributed by atoms with Gasteiger partial charge >= 0.3 is 20.4 Å². The Kier molecular flexibility index (Phi) is 17.9. The first-order valence-corrected chi connectivity index (χ1v) is 21.9. The summed E-state index contributed by atoms with van der Waals surface area (Å²) in [4.78, 5) is 0. The summed E-state index contributed by atoms with van der Waals surface area (Å²) >= 11 is 0. The van der Waals surface area contributed by atoms with Crippen LogP contribution < -0.4 is 5.30 Å². The van der Waals surface area contributed by atoms with E-state index in [0.29, 0.717) is 29.7 Å². The number of hydrogen-bond acceptors (Lipinski definition) is 2. The molecule has 0 atom stereocenters. The van der Waals surface area contributed by atoms with Gasteiger partial charge in [0.15, 0.2) is 0 Å². The summed E-state index contributed by atoms with van der Waals surface area (Å²) in [6, 6.07) is 23.4. The Labute approximate surface area is 339 Å². The molecule has 0 aliphatic heterocycles. The molecule has 4 aromatic carbocycles. The zero-order valence-corrected chi connectivity index (χ0v) is 38.9. The summed E-state index contributed by atoms with van der Waals surface area (Å²) in [6.07, 6.45) is 0.715. The van der Waals surface area contributed by atoms with Crippen LogP contribution in [0.5, 0.6) is 0 Å². The van der Waals surface area contributed by atoms with E-state index in [2.05, 4.69) is 129 Å². The molecule has 0 aliphatic carbocycles. The number of hydrogen-bond donors (Lipinski definition) is 1. The molecular formula is C46H67NO3PPdS+. The average Bonchev–Trinajstić information content (AvgIpc) is 3.01. The molecule has 0 spiro atoms. The molecule has 0 heterocycles. The van der Waals surface area contributed by atoms with Crippen LogP contribution in [-0.4, -0.2) is 29.5 Å². The van der Waals surface area contributed by atoms with Crippen LogP contribution in [0.3, 0.4) is 0 Å². The van der Waals surface area contributed by atoms with E-state index < -0.39 is 18.0 Å². The maximum absolute atomic E-state index is 9.19. The summed E-state index contributed by atoms with van der Waals surface area (Å²) in [7, 11) is -4.60. The molecule has 0 saturated heterocycles. The average molecular weight is 852 g/mol. The molecule has 0 amide bonds. The van der Waals surface area contributed by atoms with Gasteiger partial charge in [-0.15, -0.1) is 41.5 Å². The van der Waals surface area contributed by atoms with Crippen molar-refractivity contribution in [3.63, 3.8) is 0 Å². The molecule has 294 valence electrons. The third kappa shape index (κ3) is 13.1. The Morgan fingerprint density at radius 3 is 1.49 bits per heavy atom. The smallest absolute Gasteiger partial charge is 0.706 e. The van der Waals surface area contributed by atoms with E-state index in [-0.39, 0.29) is 30.7 Å². The minimum Gasteiger partial charge on any atom is -0.706 e. The van der Waals surface area contributed by atoms with Crippen molar-refractivity contribution in [2.45, 2.75) is 139 Å². The molecule has 4 aromatic rings.